The lowest BCUT2D eigenvalue weighted by atomic mass is 10.2. The highest BCUT2D eigenvalue weighted by Crippen LogP contribution is 2.28. The number of hydrogen-bond donors (Lipinski definition) is 0. The fourth-order valence-corrected chi connectivity index (χ4v) is 2.88. The Morgan fingerprint density at radius 2 is 2.35 bits per heavy atom. The van der Waals surface area contributed by atoms with Gasteiger partial charge in [-0.15, -0.1) is 0 Å². The molecule has 0 amide bonds. The standard InChI is InChI=1S/C11H14BrN5/c1-16-10-9(5-15-16)11(14-7-13-10)17-3-2-8(4-12)6-17/h5,7-8H,2-4,6H2,1H3. The van der Waals surface area contributed by atoms with Crippen molar-refractivity contribution in [1.82, 2.24) is 19.7 Å². The van der Waals surface area contributed by atoms with E-state index in [4.69, 9.17) is 0 Å². The number of halogens is 1. The highest BCUT2D eigenvalue weighted by atomic mass is 79.9. The van der Waals surface area contributed by atoms with Gasteiger partial charge < -0.3 is 4.90 Å². The first kappa shape index (κ1) is 11.0. The van der Waals surface area contributed by atoms with Crippen molar-refractivity contribution >= 4 is 32.8 Å². The zero-order valence-corrected chi connectivity index (χ0v) is 11.3. The molecule has 0 N–H and O–H groups in total. The topological polar surface area (TPSA) is 46.8 Å². The van der Waals surface area contributed by atoms with Crippen molar-refractivity contribution in [2.24, 2.45) is 13.0 Å². The van der Waals surface area contributed by atoms with E-state index in [9.17, 15) is 0 Å². The molecule has 0 aliphatic carbocycles. The fraction of sp³-hybridized carbons (Fsp3) is 0.545. The number of alkyl halides is 1. The van der Waals surface area contributed by atoms with Crippen molar-refractivity contribution in [1.29, 1.82) is 0 Å². The van der Waals surface area contributed by atoms with Gasteiger partial charge in [0.05, 0.1) is 11.6 Å². The van der Waals surface area contributed by atoms with Crippen molar-refractivity contribution in [3.05, 3.63) is 12.5 Å². The summed E-state index contributed by atoms with van der Waals surface area (Å²) in [5, 5.41) is 6.35. The predicted octanol–water partition coefficient (Wildman–Crippen LogP) is 1.58. The van der Waals surface area contributed by atoms with Gasteiger partial charge in [0.25, 0.3) is 0 Å². The zero-order valence-electron chi connectivity index (χ0n) is 9.67. The van der Waals surface area contributed by atoms with Gasteiger partial charge in [-0.05, 0) is 12.3 Å². The van der Waals surface area contributed by atoms with Crippen LogP contribution in [0.4, 0.5) is 5.82 Å². The Bertz CT molecular complexity index is 538. The van der Waals surface area contributed by atoms with Gasteiger partial charge in [-0.25, -0.2) is 9.97 Å². The number of aromatic nitrogens is 4. The minimum absolute atomic E-state index is 0.719. The zero-order chi connectivity index (χ0) is 11.8. The first-order valence-electron chi connectivity index (χ1n) is 5.73. The smallest absolute Gasteiger partial charge is 0.163 e. The maximum atomic E-state index is 4.42. The largest absolute Gasteiger partial charge is 0.356 e. The summed E-state index contributed by atoms with van der Waals surface area (Å²) >= 11 is 3.55. The van der Waals surface area contributed by atoms with Gasteiger partial charge in [-0.1, -0.05) is 15.9 Å². The second-order valence-electron chi connectivity index (χ2n) is 4.46. The number of anilines is 1. The lowest BCUT2D eigenvalue weighted by Crippen LogP contribution is -2.21. The summed E-state index contributed by atoms with van der Waals surface area (Å²) in [6.45, 7) is 2.13. The van der Waals surface area contributed by atoms with Gasteiger partial charge in [0.15, 0.2) is 5.65 Å². The maximum absolute atomic E-state index is 4.42. The molecule has 17 heavy (non-hydrogen) atoms. The van der Waals surface area contributed by atoms with Gasteiger partial charge >= 0.3 is 0 Å². The molecule has 0 spiro atoms. The SMILES string of the molecule is Cn1ncc2c(N3CCC(CBr)C3)ncnc21. The van der Waals surface area contributed by atoms with Gasteiger partial charge in [0.1, 0.15) is 12.1 Å². The van der Waals surface area contributed by atoms with E-state index in [1.165, 1.54) is 6.42 Å². The van der Waals surface area contributed by atoms with E-state index in [1.807, 2.05) is 13.2 Å². The van der Waals surface area contributed by atoms with Crippen LogP contribution < -0.4 is 4.90 Å². The number of nitrogens with zero attached hydrogens (tertiary/aromatic N) is 5. The Balaban J connectivity index is 2.00. The quantitative estimate of drug-likeness (QED) is 0.790. The van der Waals surface area contributed by atoms with Crippen LogP contribution in [0.5, 0.6) is 0 Å². The molecular formula is C11H14BrN5. The summed E-state index contributed by atoms with van der Waals surface area (Å²) < 4.78 is 1.79. The Hall–Kier alpha value is -1.17. The summed E-state index contributed by atoms with van der Waals surface area (Å²) in [6, 6.07) is 0. The number of hydrogen-bond acceptors (Lipinski definition) is 4. The highest BCUT2D eigenvalue weighted by molar-refractivity contribution is 9.09. The molecule has 6 heteroatoms. The third-order valence-corrected chi connectivity index (χ3v) is 4.23. The Morgan fingerprint density at radius 3 is 3.12 bits per heavy atom. The van der Waals surface area contributed by atoms with Gasteiger partial charge in [-0.3, -0.25) is 4.68 Å². The van der Waals surface area contributed by atoms with Gasteiger partial charge in [0, 0.05) is 25.5 Å². The molecular weight excluding hydrogens is 282 g/mol. The first-order chi connectivity index (χ1) is 8.29. The minimum Gasteiger partial charge on any atom is -0.356 e. The minimum atomic E-state index is 0.719. The van der Waals surface area contributed by atoms with Crippen LogP contribution in [0.2, 0.25) is 0 Å². The van der Waals surface area contributed by atoms with Crippen LogP contribution in [-0.2, 0) is 7.05 Å². The Kier molecular flexibility index (Phi) is 2.74. The molecule has 3 rings (SSSR count). The number of fused-ring (bicyclic) bond motifs is 1. The molecule has 3 heterocycles. The van der Waals surface area contributed by atoms with Crippen molar-refractivity contribution in [2.45, 2.75) is 6.42 Å². The molecule has 0 bridgehead atoms. The van der Waals surface area contributed by atoms with E-state index in [2.05, 4.69) is 35.9 Å². The second kappa shape index (κ2) is 4.25. The van der Waals surface area contributed by atoms with E-state index in [1.54, 1.807) is 11.0 Å². The lowest BCUT2D eigenvalue weighted by molar-refractivity contribution is 0.675. The van der Waals surface area contributed by atoms with Gasteiger partial charge in [-0.2, -0.15) is 5.10 Å². The van der Waals surface area contributed by atoms with Crippen LogP contribution >= 0.6 is 15.9 Å². The molecule has 1 atom stereocenters. The number of aryl methyl sites for hydroxylation is 1. The molecule has 90 valence electrons. The average Bonchev–Trinajstić information content (AvgIpc) is 2.96. The third kappa shape index (κ3) is 1.80. The molecule has 2 aromatic heterocycles. The summed E-state index contributed by atoms with van der Waals surface area (Å²) in [7, 11) is 1.91. The highest BCUT2D eigenvalue weighted by Gasteiger charge is 2.24. The molecule has 1 fully saturated rings. The maximum Gasteiger partial charge on any atom is 0.163 e. The second-order valence-corrected chi connectivity index (χ2v) is 5.11. The molecule has 0 aromatic carbocycles. The van der Waals surface area contributed by atoms with Gasteiger partial charge in [0.2, 0.25) is 0 Å². The number of rotatable bonds is 2. The molecule has 0 saturated carbocycles. The van der Waals surface area contributed by atoms with E-state index >= 15 is 0 Å². The summed E-state index contributed by atoms with van der Waals surface area (Å²) in [4.78, 5) is 11.0. The van der Waals surface area contributed by atoms with E-state index in [0.717, 1.165) is 41.2 Å². The first-order valence-corrected chi connectivity index (χ1v) is 6.85. The monoisotopic (exact) mass is 295 g/mol. The predicted molar refractivity (Wildman–Crippen MR) is 70.4 cm³/mol. The van der Waals surface area contributed by atoms with Crippen molar-refractivity contribution in [3.63, 3.8) is 0 Å². The van der Waals surface area contributed by atoms with Crippen LogP contribution in [0.3, 0.4) is 0 Å². The normalized spacial score (nSPS) is 20.4. The molecule has 2 aromatic rings. The van der Waals surface area contributed by atoms with Crippen LogP contribution in [-0.4, -0.2) is 38.2 Å². The molecule has 5 nitrogen and oxygen atoms in total. The van der Waals surface area contributed by atoms with Crippen molar-refractivity contribution < 1.29 is 0 Å². The van der Waals surface area contributed by atoms with Crippen molar-refractivity contribution in [3.8, 4) is 0 Å². The van der Waals surface area contributed by atoms with Crippen LogP contribution in [0.15, 0.2) is 12.5 Å². The summed E-state index contributed by atoms with van der Waals surface area (Å²) in [6.07, 6.45) is 4.70. The lowest BCUT2D eigenvalue weighted by Gasteiger charge is -2.17. The molecule has 1 saturated heterocycles. The van der Waals surface area contributed by atoms with Crippen LogP contribution in [0.25, 0.3) is 11.0 Å². The van der Waals surface area contributed by atoms with E-state index in [0.29, 0.717) is 0 Å². The average molecular weight is 296 g/mol. The summed E-state index contributed by atoms with van der Waals surface area (Å²) in [5.74, 6) is 1.74. The fourth-order valence-electron chi connectivity index (χ4n) is 2.35. The van der Waals surface area contributed by atoms with Crippen LogP contribution in [0.1, 0.15) is 6.42 Å². The third-order valence-electron chi connectivity index (χ3n) is 3.31. The summed E-state index contributed by atoms with van der Waals surface area (Å²) in [5.41, 5.74) is 0.900. The Morgan fingerprint density at radius 1 is 1.47 bits per heavy atom. The van der Waals surface area contributed by atoms with Crippen LogP contribution in [0, 0.1) is 5.92 Å². The van der Waals surface area contributed by atoms with E-state index in [-0.39, 0.29) is 0 Å². The Labute approximate surface area is 108 Å². The van der Waals surface area contributed by atoms with Crippen molar-refractivity contribution in [2.75, 3.05) is 23.3 Å². The van der Waals surface area contributed by atoms with E-state index < -0.39 is 0 Å². The molecule has 1 aliphatic heterocycles. The molecule has 1 unspecified atom stereocenters. The molecule has 0 radical (unpaired) electrons. The molecule has 1 aliphatic rings.